The molecule has 28 heavy (non-hydrogen) atoms. The molecule has 0 aliphatic heterocycles. The number of amides is 2. The Morgan fingerprint density at radius 2 is 1.64 bits per heavy atom. The lowest BCUT2D eigenvalue weighted by Gasteiger charge is -2.12. The summed E-state index contributed by atoms with van der Waals surface area (Å²) in [7, 11) is 0. The number of carbonyl (C=O) groups is 1. The number of H-pyrrole nitrogens is 1. The number of para-hydroxylation sites is 1. The van der Waals surface area contributed by atoms with Crippen molar-refractivity contribution in [2.24, 2.45) is 0 Å². The lowest BCUT2D eigenvalue weighted by atomic mass is 10.2. The van der Waals surface area contributed by atoms with E-state index < -0.39 is 28.5 Å². The molecule has 3 aromatic rings. The monoisotopic (exact) mass is 827 g/mol. The normalized spacial score (nSPS) is 10.7. The summed E-state index contributed by atoms with van der Waals surface area (Å²) in [4.78, 5) is 39.3. The second kappa shape index (κ2) is 8.99. The number of anilines is 2. The second-order valence-electron chi connectivity index (χ2n) is 5.48. The van der Waals surface area contributed by atoms with E-state index in [9.17, 15) is 19.5 Å². The molecule has 0 aliphatic carbocycles. The van der Waals surface area contributed by atoms with E-state index in [2.05, 4.69) is 106 Å². The third-order valence-electron chi connectivity index (χ3n) is 3.69. The van der Waals surface area contributed by atoms with Crippen molar-refractivity contribution >= 4 is 119 Å². The van der Waals surface area contributed by atoms with Gasteiger partial charge in [0.25, 0.3) is 11.0 Å². The van der Waals surface area contributed by atoms with Gasteiger partial charge in [0.15, 0.2) is 5.75 Å². The molecule has 0 radical (unpaired) electrons. The van der Waals surface area contributed by atoms with E-state index in [-0.39, 0.29) is 10.9 Å². The van der Waals surface area contributed by atoms with Crippen molar-refractivity contribution in [2.75, 3.05) is 10.6 Å². The smallest absolute Gasteiger partial charge is 0.323 e. The van der Waals surface area contributed by atoms with Gasteiger partial charge in [0.05, 0.1) is 14.8 Å². The first-order valence-electron chi connectivity index (χ1n) is 7.50. The highest BCUT2D eigenvalue weighted by Crippen LogP contribution is 2.32. The fourth-order valence-corrected chi connectivity index (χ4v) is 5.56. The van der Waals surface area contributed by atoms with E-state index in [0.29, 0.717) is 5.69 Å². The van der Waals surface area contributed by atoms with Gasteiger partial charge >= 0.3 is 6.03 Å². The van der Waals surface area contributed by atoms with Gasteiger partial charge < -0.3 is 20.7 Å². The van der Waals surface area contributed by atoms with Crippen molar-refractivity contribution in [2.45, 2.75) is 0 Å². The number of carbonyl (C=O) groups excluding carboxylic acids is 1. The van der Waals surface area contributed by atoms with Crippen LogP contribution < -0.4 is 21.6 Å². The minimum Gasteiger partial charge on any atom is -0.505 e. The van der Waals surface area contributed by atoms with Crippen LogP contribution in [0.1, 0.15) is 0 Å². The summed E-state index contributed by atoms with van der Waals surface area (Å²) < 4.78 is 3.86. The quantitative estimate of drug-likeness (QED) is 0.131. The molecule has 2 aromatic carbocycles. The predicted molar refractivity (Wildman–Crippen MR) is 142 cm³/mol. The van der Waals surface area contributed by atoms with E-state index >= 15 is 0 Å². The van der Waals surface area contributed by atoms with Crippen molar-refractivity contribution in [3.8, 4) is 5.75 Å². The fourth-order valence-electron chi connectivity index (χ4n) is 2.38. The van der Waals surface area contributed by atoms with Crippen LogP contribution in [-0.4, -0.2) is 16.1 Å². The zero-order chi connectivity index (χ0) is 20.6. The van der Waals surface area contributed by atoms with Gasteiger partial charge in [-0.25, -0.2) is 4.79 Å². The Labute approximate surface area is 212 Å². The predicted octanol–water partition coefficient (Wildman–Crippen LogP) is 4.66. The Balaban J connectivity index is 2.04. The van der Waals surface area contributed by atoms with Crippen molar-refractivity contribution < 1.29 is 9.90 Å². The number of nitrogens with one attached hydrogen (secondary N) is 3. The van der Waals surface area contributed by atoms with Gasteiger partial charge in [0.2, 0.25) is 0 Å². The highest BCUT2D eigenvalue weighted by Gasteiger charge is 2.17. The standard InChI is InChI=1S/C17H9I4N3O4/c18-7-5-9(11(20)12(21)10(7)19)23-17(28)24-13-14(25)6-3-1-2-4-8(6)22-16(27)15(13)26/h1-5H,(H4,22,23,24,25,26,27,28). The van der Waals surface area contributed by atoms with Gasteiger partial charge in [0.1, 0.15) is 5.69 Å². The molecule has 3 rings (SSSR count). The number of hydrogen-bond donors (Lipinski definition) is 4. The molecule has 1 heterocycles. The molecule has 144 valence electrons. The van der Waals surface area contributed by atoms with Crippen LogP contribution in [0.3, 0.4) is 0 Å². The number of hydrogen-bond acceptors (Lipinski definition) is 4. The number of rotatable bonds is 2. The summed E-state index contributed by atoms with van der Waals surface area (Å²) in [6.07, 6.45) is 0. The lowest BCUT2D eigenvalue weighted by Crippen LogP contribution is -2.30. The molecule has 0 saturated heterocycles. The Kier molecular flexibility index (Phi) is 7.06. The summed E-state index contributed by atoms with van der Waals surface area (Å²) in [5, 5.41) is 15.7. The molecule has 0 atom stereocenters. The van der Waals surface area contributed by atoms with Crippen LogP contribution in [0, 0.1) is 14.3 Å². The summed E-state index contributed by atoms with van der Waals surface area (Å²) in [6.45, 7) is 0. The number of aromatic amines is 1. The number of benzene rings is 2. The van der Waals surface area contributed by atoms with Gasteiger partial charge in [0, 0.05) is 16.1 Å². The SMILES string of the molecule is O=C(Nc1cc(I)c(I)c(I)c1I)Nc1c(O)c2ccccc2[nH]c(=O)c1=O. The van der Waals surface area contributed by atoms with Gasteiger partial charge in [-0.05, 0) is 109 Å². The summed E-state index contributed by atoms with van der Waals surface area (Å²) in [6, 6.07) is 7.45. The molecule has 0 saturated carbocycles. The number of halogens is 4. The largest absolute Gasteiger partial charge is 0.505 e. The third kappa shape index (κ3) is 4.40. The Morgan fingerprint density at radius 3 is 2.36 bits per heavy atom. The van der Waals surface area contributed by atoms with Gasteiger partial charge in [-0.15, -0.1) is 0 Å². The topological polar surface area (TPSA) is 111 Å². The minimum absolute atomic E-state index is 0.241. The molecule has 0 spiro atoms. The Hall–Kier alpha value is -0.690. The summed E-state index contributed by atoms with van der Waals surface area (Å²) in [5.41, 5.74) is -1.62. The molecule has 0 unspecified atom stereocenters. The zero-order valence-electron chi connectivity index (χ0n) is 13.6. The number of aromatic nitrogens is 1. The average molecular weight is 827 g/mol. The van der Waals surface area contributed by atoms with E-state index in [1.165, 1.54) is 6.07 Å². The number of aromatic hydroxyl groups is 1. The Morgan fingerprint density at radius 1 is 0.964 bits per heavy atom. The van der Waals surface area contributed by atoms with E-state index in [4.69, 9.17) is 0 Å². The molecule has 0 aliphatic rings. The van der Waals surface area contributed by atoms with Gasteiger partial charge in [-0.2, -0.15) is 0 Å². The number of fused-ring (bicyclic) bond motifs is 1. The molecule has 2 amide bonds. The first-order valence-corrected chi connectivity index (χ1v) is 11.8. The first-order chi connectivity index (χ1) is 13.2. The summed E-state index contributed by atoms with van der Waals surface area (Å²) >= 11 is 8.70. The van der Waals surface area contributed by atoms with E-state index in [1.807, 2.05) is 0 Å². The van der Waals surface area contributed by atoms with Crippen LogP contribution in [0.15, 0.2) is 39.9 Å². The fraction of sp³-hybridized carbons (Fsp3) is 0. The van der Waals surface area contributed by atoms with Crippen LogP contribution in [-0.2, 0) is 0 Å². The molecule has 7 nitrogen and oxygen atoms in total. The first kappa shape index (κ1) is 22.0. The van der Waals surface area contributed by atoms with Crippen LogP contribution in [0.5, 0.6) is 5.75 Å². The molecule has 0 bridgehead atoms. The van der Waals surface area contributed by atoms with Gasteiger partial charge in [-0.1, -0.05) is 12.1 Å². The van der Waals surface area contributed by atoms with Crippen LogP contribution in [0.25, 0.3) is 10.9 Å². The molecule has 1 aromatic heterocycles. The molecular formula is C17H9I4N3O4. The maximum absolute atomic E-state index is 12.5. The van der Waals surface area contributed by atoms with Crippen LogP contribution in [0.4, 0.5) is 16.2 Å². The maximum atomic E-state index is 12.5. The van der Waals surface area contributed by atoms with Crippen molar-refractivity contribution in [3.63, 3.8) is 0 Å². The van der Waals surface area contributed by atoms with E-state index in [1.54, 1.807) is 24.3 Å². The van der Waals surface area contributed by atoms with Crippen molar-refractivity contribution in [1.82, 2.24) is 4.98 Å². The molecule has 0 fully saturated rings. The average Bonchev–Trinajstić information content (AvgIpc) is 2.75. The van der Waals surface area contributed by atoms with Crippen molar-refractivity contribution in [1.29, 1.82) is 0 Å². The third-order valence-corrected chi connectivity index (χ3v) is 11.0. The molecule has 4 N–H and O–H groups in total. The van der Waals surface area contributed by atoms with E-state index in [0.717, 1.165) is 14.3 Å². The molecular weight excluding hydrogens is 818 g/mol. The van der Waals surface area contributed by atoms with Gasteiger partial charge in [-0.3, -0.25) is 9.59 Å². The van der Waals surface area contributed by atoms with Crippen molar-refractivity contribution in [3.05, 3.63) is 65.2 Å². The Bertz CT molecular complexity index is 1240. The minimum atomic E-state index is -1.04. The second-order valence-corrected chi connectivity index (χ2v) is 9.88. The lowest BCUT2D eigenvalue weighted by molar-refractivity contribution is 0.262. The highest BCUT2D eigenvalue weighted by atomic mass is 127. The van der Waals surface area contributed by atoms with Crippen LogP contribution >= 0.6 is 90.4 Å². The maximum Gasteiger partial charge on any atom is 0.323 e. The number of urea groups is 1. The highest BCUT2D eigenvalue weighted by molar-refractivity contribution is 14.1. The summed E-state index contributed by atoms with van der Waals surface area (Å²) in [5.74, 6) is -0.476. The van der Waals surface area contributed by atoms with Crippen LogP contribution in [0.2, 0.25) is 0 Å². The zero-order valence-corrected chi connectivity index (χ0v) is 22.2. The molecule has 11 heteroatoms.